The monoisotopic (exact) mass is 828 g/mol. The fourth-order valence-corrected chi connectivity index (χ4v) is 7.67. The van der Waals surface area contributed by atoms with Gasteiger partial charge in [0, 0.05) is 38.2 Å². The Hall–Kier alpha value is -2.59. The second-order valence-electron chi connectivity index (χ2n) is 11.9. The summed E-state index contributed by atoms with van der Waals surface area (Å²) >= 11 is 25.7. The van der Waals surface area contributed by atoms with Crippen molar-refractivity contribution in [2.75, 3.05) is 23.4 Å². The molecule has 0 saturated heterocycles. The van der Waals surface area contributed by atoms with Crippen LogP contribution in [-0.2, 0) is 46.7 Å². The van der Waals surface area contributed by atoms with E-state index in [2.05, 4.69) is 9.47 Å². The van der Waals surface area contributed by atoms with Gasteiger partial charge >= 0.3 is 29.6 Å². The zero-order valence-electron chi connectivity index (χ0n) is 28.1. The van der Waals surface area contributed by atoms with Crippen molar-refractivity contribution < 1.29 is 60.1 Å². The number of benzene rings is 4. The van der Waals surface area contributed by atoms with Crippen LogP contribution in [0.1, 0.15) is 17.0 Å². The molecule has 5 aromatic rings. The fraction of sp³-hybridized carbons (Fsp3) is 0.171. The van der Waals surface area contributed by atoms with Crippen molar-refractivity contribution in [3.05, 3.63) is 128 Å². The molecular formula is C35H29Cl4N4NaO6S2. The molecule has 1 aliphatic heterocycles. The Bertz CT molecular complexity index is 2460. The minimum Gasteiger partial charge on any atom is -0.744 e. The van der Waals surface area contributed by atoms with Crippen LogP contribution in [0.3, 0.4) is 0 Å². The molecule has 1 aromatic heterocycles. The van der Waals surface area contributed by atoms with Crippen LogP contribution in [-0.4, -0.2) is 44.1 Å². The van der Waals surface area contributed by atoms with Crippen molar-refractivity contribution in [1.29, 1.82) is 0 Å². The van der Waals surface area contributed by atoms with Crippen LogP contribution >= 0.6 is 46.4 Å². The first-order chi connectivity index (χ1) is 24.0. The third kappa shape index (κ3) is 8.53. The molecule has 0 amide bonds. The first-order valence-electron chi connectivity index (χ1n) is 15.4. The predicted molar refractivity (Wildman–Crippen MR) is 199 cm³/mol. The maximum Gasteiger partial charge on any atom is 1.00 e. The first kappa shape index (κ1) is 40.6. The van der Waals surface area contributed by atoms with Crippen molar-refractivity contribution in [3.8, 4) is 0 Å². The zero-order chi connectivity index (χ0) is 36.8. The van der Waals surface area contributed by atoms with E-state index in [-0.39, 0.29) is 39.3 Å². The molecule has 266 valence electrons. The number of hydrogen-bond acceptors (Lipinski definition) is 8. The van der Waals surface area contributed by atoms with Crippen molar-refractivity contribution >= 4 is 95.1 Å². The second kappa shape index (κ2) is 16.0. The van der Waals surface area contributed by atoms with Gasteiger partial charge in [-0.2, -0.15) is 0 Å². The molecule has 0 atom stereocenters. The molecule has 0 saturated carbocycles. The van der Waals surface area contributed by atoms with Gasteiger partial charge in [0.05, 0.1) is 54.8 Å². The number of fused-ring (bicyclic) bond motifs is 2. The maximum atomic E-state index is 11.4. The number of allylic oxidation sites excluding steroid dienone is 2. The molecule has 52 heavy (non-hydrogen) atoms. The third-order valence-corrected chi connectivity index (χ3v) is 11.9. The Morgan fingerprint density at radius 1 is 0.712 bits per heavy atom. The molecule has 0 spiro atoms. The summed E-state index contributed by atoms with van der Waals surface area (Å²) in [6.07, 6.45) is 6.89. The number of imidazole rings is 1. The van der Waals surface area contributed by atoms with E-state index in [1.807, 2.05) is 41.8 Å². The number of nitrogens with zero attached hydrogens (tertiary/aromatic N) is 4. The number of aromatic nitrogens is 2. The Kier molecular flexibility index (Phi) is 12.5. The third-order valence-electron chi connectivity index (χ3n) is 8.74. The minimum atomic E-state index is -4.55. The second-order valence-corrected chi connectivity index (χ2v) is 16.3. The average molecular weight is 831 g/mol. The number of aryl methyl sites for hydroxylation is 3. The summed E-state index contributed by atoms with van der Waals surface area (Å²) in [6, 6.07) is 18.9. The van der Waals surface area contributed by atoms with Gasteiger partial charge in [0.2, 0.25) is 0 Å². The van der Waals surface area contributed by atoms with Crippen LogP contribution in [0.2, 0.25) is 20.1 Å². The van der Waals surface area contributed by atoms with Crippen LogP contribution in [0.5, 0.6) is 0 Å². The van der Waals surface area contributed by atoms with E-state index in [0.29, 0.717) is 46.0 Å². The van der Waals surface area contributed by atoms with Gasteiger partial charge in [0.15, 0.2) is 11.0 Å². The number of hydrogen-bond donors (Lipinski definition) is 0. The molecule has 17 heteroatoms. The van der Waals surface area contributed by atoms with Crippen molar-refractivity contribution in [3.63, 3.8) is 0 Å². The molecule has 0 unspecified atom stereocenters. The van der Waals surface area contributed by atoms with Crippen LogP contribution < -0.4 is 43.9 Å². The first-order valence-corrected chi connectivity index (χ1v) is 19.7. The van der Waals surface area contributed by atoms with Crippen LogP contribution in [0.4, 0.5) is 11.4 Å². The van der Waals surface area contributed by atoms with E-state index < -0.39 is 20.2 Å². The summed E-state index contributed by atoms with van der Waals surface area (Å²) < 4.78 is 72.5. The minimum absolute atomic E-state index is 0. The van der Waals surface area contributed by atoms with E-state index >= 15 is 0 Å². The van der Waals surface area contributed by atoms with E-state index in [1.165, 1.54) is 24.3 Å². The van der Waals surface area contributed by atoms with Gasteiger partial charge in [-0.3, -0.25) is 0 Å². The van der Waals surface area contributed by atoms with Gasteiger partial charge < -0.3 is 18.9 Å². The van der Waals surface area contributed by atoms with Crippen LogP contribution in [0.25, 0.3) is 17.1 Å². The Morgan fingerprint density at radius 3 is 1.73 bits per heavy atom. The molecule has 0 fully saturated rings. The SMILES string of the molecule is CN1C(=CC=Cc2n(CCc3ccc(S(=O)(=O)[O-])cc3)c3cc(Cl)c(Cl)cc3[n+]2C)N(CCc2ccc(S(=O)(=O)[O-])cc2)c2cc(Cl)c(Cl)cc21.[Na+]. The van der Waals surface area contributed by atoms with Crippen molar-refractivity contribution in [1.82, 2.24) is 4.57 Å². The van der Waals surface area contributed by atoms with Crippen LogP contribution in [0.15, 0.2) is 101 Å². The van der Waals surface area contributed by atoms with E-state index in [4.69, 9.17) is 46.4 Å². The van der Waals surface area contributed by atoms with Crippen LogP contribution in [0, 0.1) is 0 Å². The molecule has 0 radical (unpaired) electrons. The quantitative estimate of drug-likeness (QED) is 0.117. The molecule has 0 bridgehead atoms. The number of rotatable bonds is 10. The summed E-state index contributed by atoms with van der Waals surface area (Å²) in [5.74, 6) is 1.64. The molecular weight excluding hydrogens is 801 g/mol. The smallest absolute Gasteiger partial charge is 0.744 e. The summed E-state index contributed by atoms with van der Waals surface area (Å²) in [6.45, 7) is 0.992. The Labute approximate surface area is 344 Å². The Balaban J connectivity index is 0.00000523. The molecule has 1 aliphatic rings. The number of halogens is 4. The van der Waals surface area contributed by atoms with Gasteiger partial charge in [-0.1, -0.05) is 76.7 Å². The summed E-state index contributed by atoms with van der Waals surface area (Å²) in [5.41, 5.74) is 5.04. The van der Waals surface area contributed by atoms with Crippen molar-refractivity contribution in [2.45, 2.75) is 29.2 Å². The van der Waals surface area contributed by atoms with Crippen molar-refractivity contribution in [2.24, 2.45) is 7.05 Å². The standard InChI is InChI=1S/C35H30Cl4N4O6S2.Na/c1-40-30-18-26(36)28(38)20-32(30)42(16-14-22-6-10-24(11-7-22)50(44,45)46)34(40)4-3-5-35-41(2)31-19-27(37)29(39)21-33(31)43(35)17-15-23-8-12-25(13-9-23)51(47,48)49;/h3-13,18-21H,14-17H2,1-2H3,(H-,44,45,46,47,48,49);/q;+1/p-1. The normalized spacial score (nSPS) is 14.1. The largest absolute Gasteiger partial charge is 1.00 e. The summed E-state index contributed by atoms with van der Waals surface area (Å²) in [7, 11) is -5.26. The van der Waals surface area contributed by atoms with Gasteiger partial charge in [-0.15, -0.1) is 0 Å². The maximum absolute atomic E-state index is 11.4. The fourth-order valence-electron chi connectivity index (χ4n) is 6.10. The molecule has 4 aromatic carbocycles. The van der Waals surface area contributed by atoms with Gasteiger partial charge in [0.1, 0.15) is 26.1 Å². The molecule has 2 heterocycles. The molecule has 6 rings (SSSR count). The predicted octanol–water partition coefficient (Wildman–Crippen LogP) is 4.19. The van der Waals surface area contributed by atoms with Gasteiger partial charge in [-0.25, -0.2) is 26.0 Å². The molecule has 0 aliphatic carbocycles. The Morgan fingerprint density at radius 2 is 1.19 bits per heavy atom. The molecule has 0 N–H and O–H groups in total. The number of anilines is 2. The van der Waals surface area contributed by atoms with E-state index in [0.717, 1.165) is 45.2 Å². The molecule has 10 nitrogen and oxygen atoms in total. The topological polar surface area (TPSA) is 130 Å². The van der Waals surface area contributed by atoms with Gasteiger partial charge in [-0.05, 0) is 60.0 Å². The average Bonchev–Trinajstić information content (AvgIpc) is 3.47. The summed E-state index contributed by atoms with van der Waals surface area (Å²) in [5, 5.41) is 1.61. The van der Waals surface area contributed by atoms with E-state index in [9.17, 15) is 25.9 Å². The van der Waals surface area contributed by atoms with E-state index in [1.54, 1.807) is 48.5 Å². The van der Waals surface area contributed by atoms with Gasteiger partial charge in [0.25, 0.3) is 5.82 Å². The summed E-state index contributed by atoms with van der Waals surface area (Å²) in [4.78, 5) is 3.51. The zero-order valence-corrected chi connectivity index (χ0v) is 34.7.